The first-order chi connectivity index (χ1) is 8.72. The zero-order valence-electron chi connectivity index (χ0n) is 13.0. The van der Waals surface area contributed by atoms with Gasteiger partial charge in [-0.2, -0.15) is 0 Å². The van der Waals surface area contributed by atoms with E-state index in [4.69, 9.17) is 4.42 Å². The monoisotopic (exact) mass is 261 g/mol. The van der Waals surface area contributed by atoms with Crippen LogP contribution in [0.25, 0.3) is 5.57 Å². The molecule has 1 aliphatic heterocycles. The average molecular weight is 261 g/mol. The van der Waals surface area contributed by atoms with E-state index in [2.05, 4.69) is 45.2 Å². The van der Waals surface area contributed by atoms with Crippen LogP contribution in [0.2, 0.25) is 0 Å². The van der Waals surface area contributed by atoms with Crippen molar-refractivity contribution in [1.29, 1.82) is 0 Å². The molecule has 0 spiro atoms. The molecule has 1 aromatic rings. The molecular weight excluding hydrogens is 234 g/mol. The molecular formula is C17H27NO. The summed E-state index contributed by atoms with van der Waals surface area (Å²) in [6.45, 7) is 16.2. The first kappa shape index (κ1) is 14.4. The van der Waals surface area contributed by atoms with Crippen molar-refractivity contribution >= 4 is 5.57 Å². The molecule has 1 aromatic heterocycles. The summed E-state index contributed by atoms with van der Waals surface area (Å²) >= 11 is 0. The van der Waals surface area contributed by atoms with E-state index in [9.17, 15) is 0 Å². The molecule has 1 fully saturated rings. The number of hydrogen-bond donors (Lipinski definition) is 0. The molecule has 0 unspecified atom stereocenters. The first-order valence-corrected chi connectivity index (χ1v) is 7.25. The van der Waals surface area contributed by atoms with Crippen molar-refractivity contribution in [1.82, 2.24) is 4.90 Å². The zero-order valence-corrected chi connectivity index (χ0v) is 13.0. The normalized spacial score (nSPS) is 22.4. The topological polar surface area (TPSA) is 16.4 Å². The largest absolute Gasteiger partial charge is 0.460 e. The van der Waals surface area contributed by atoms with Crippen LogP contribution in [0.1, 0.15) is 65.4 Å². The SMILES string of the molecule is C=C(C)c1ccc(CN2C(C)(C)CCCC2(C)C)o1. The van der Waals surface area contributed by atoms with Crippen molar-refractivity contribution in [2.75, 3.05) is 0 Å². The molecule has 0 saturated carbocycles. The fourth-order valence-electron chi connectivity index (χ4n) is 3.32. The molecule has 0 atom stereocenters. The van der Waals surface area contributed by atoms with Crippen LogP contribution in [0.3, 0.4) is 0 Å². The van der Waals surface area contributed by atoms with Gasteiger partial charge in [0.1, 0.15) is 11.5 Å². The Morgan fingerprint density at radius 1 is 1.21 bits per heavy atom. The van der Waals surface area contributed by atoms with Gasteiger partial charge in [-0.05, 0) is 71.6 Å². The molecule has 0 radical (unpaired) electrons. The fourth-order valence-corrected chi connectivity index (χ4v) is 3.32. The summed E-state index contributed by atoms with van der Waals surface area (Å²) in [4.78, 5) is 2.59. The Morgan fingerprint density at radius 2 is 1.79 bits per heavy atom. The third-order valence-electron chi connectivity index (χ3n) is 4.43. The minimum atomic E-state index is 0.234. The summed E-state index contributed by atoms with van der Waals surface area (Å²) in [5.74, 6) is 1.95. The van der Waals surface area contributed by atoms with Gasteiger partial charge in [-0.3, -0.25) is 4.90 Å². The molecule has 0 aliphatic carbocycles. The number of piperidine rings is 1. The number of hydrogen-bond acceptors (Lipinski definition) is 2. The minimum Gasteiger partial charge on any atom is -0.460 e. The first-order valence-electron chi connectivity index (χ1n) is 7.25. The number of allylic oxidation sites excluding steroid dienone is 1. The summed E-state index contributed by atoms with van der Waals surface area (Å²) in [6, 6.07) is 4.12. The Hall–Kier alpha value is -1.02. The Balaban J connectivity index is 2.21. The van der Waals surface area contributed by atoms with Crippen molar-refractivity contribution in [3.63, 3.8) is 0 Å². The summed E-state index contributed by atoms with van der Waals surface area (Å²) in [5.41, 5.74) is 1.46. The molecule has 1 aliphatic rings. The predicted molar refractivity (Wildman–Crippen MR) is 81.0 cm³/mol. The smallest absolute Gasteiger partial charge is 0.129 e. The highest BCUT2D eigenvalue weighted by Gasteiger charge is 2.41. The molecule has 2 rings (SSSR count). The lowest BCUT2D eigenvalue weighted by atomic mass is 9.80. The van der Waals surface area contributed by atoms with Crippen LogP contribution in [0.4, 0.5) is 0 Å². The van der Waals surface area contributed by atoms with Gasteiger partial charge in [0.05, 0.1) is 6.54 Å². The van der Waals surface area contributed by atoms with Gasteiger partial charge in [-0.15, -0.1) is 0 Å². The summed E-state index contributed by atoms with van der Waals surface area (Å²) < 4.78 is 5.89. The van der Waals surface area contributed by atoms with Gasteiger partial charge in [-0.25, -0.2) is 0 Å². The minimum absolute atomic E-state index is 0.234. The summed E-state index contributed by atoms with van der Waals surface area (Å²) in [6.07, 6.45) is 3.82. The molecule has 2 heteroatoms. The van der Waals surface area contributed by atoms with Crippen molar-refractivity contribution in [2.45, 2.75) is 71.5 Å². The van der Waals surface area contributed by atoms with Gasteiger partial charge in [0.2, 0.25) is 0 Å². The quantitative estimate of drug-likeness (QED) is 0.773. The van der Waals surface area contributed by atoms with Crippen molar-refractivity contribution in [2.24, 2.45) is 0 Å². The van der Waals surface area contributed by atoms with Crippen LogP contribution in [0.15, 0.2) is 23.1 Å². The molecule has 106 valence electrons. The van der Waals surface area contributed by atoms with E-state index in [-0.39, 0.29) is 11.1 Å². The van der Waals surface area contributed by atoms with E-state index in [1.54, 1.807) is 0 Å². The second-order valence-electron chi connectivity index (χ2n) is 7.11. The summed E-state index contributed by atoms with van der Waals surface area (Å²) in [5, 5.41) is 0. The Bertz CT molecular complexity index is 451. The maximum atomic E-state index is 5.89. The highest BCUT2D eigenvalue weighted by molar-refractivity contribution is 5.56. The Labute approximate surface area is 117 Å². The number of rotatable bonds is 3. The van der Waals surface area contributed by atoms with Crippen LogP contribution in [0.5, 0.6) is 0 Å². The zero-order chi connectivity index (χ0) is 14.3. The van der Waals surface area contributed by atoms with E-state index in [1.807, 2.05) is 13.0 Å². The van der Waals surface area contributed by atoms with Gasteiger partial charge < -0.3 is 4.42 Å². The third-order valence-corrected chi connectivity index (χ3v) is 4.43. The van der Waals surface area contributed by atoms with Gasteiger partial charge in [0.15, 0.2) is 0 Å². The predicted octanol–water partition coefficient (Wildman–Crippen LogP) is 4.86. The molecule has 0 bridgehead atoms. The maximum Gasteiger partial charge on any atom is 0.129 e. The lowest BCUT2D eigenvalue weighted by Crippen LogP contribution is -2.57. The van der Waals surface area contributed by atoms with Crippen molar-refractivity contribution in [3.05, 3.63) is 30.2 Å². The number of furan rings is 1. The number of likely N-dealkylation sites (tertiary alicyclic amines) is 1. The van der Waals surface area contributed by atoms with Gasteiger partial charge in [0.25, 0.3) is 0 Å². The molecule has 0 N–H and O–H groups in total. The highest BCUT2D eigenvalue weighted by atomic mass is 16.3. The molecule has 19 heavy (non-hydrogen) atoms. The van der Waals surface area contributed by atoms with Crippen molar-refractivity contribution in [3.8, 4) is 0 Å². The standard InChI is InChI=1S/C17H27NO/c1-13(2)15-9-8-14(19-15)12-18-16(3,4)10-7-11-17(18,5)6/h8-9H,1,7,10-12H2,2-6H3. The highest BCUT2D eigenvalue weighted by Crippen LogP contribution is 2.39. The average Bonchev–Trinajstić information content (AvgIpc) is 2.71. The molecule has 2 heterocycles. The van der Waals surface area contributed by atoms with Crippen LogP contribution < -0.4 is 0 Å². The van der Waals surface area contributed by atoms with Gasteiger partial charge in [-0.1, -0.05) is 6.58 Å². The molecule has 2 nitrogen and oxygen atoms in total. The second-order valence-corrected chi connectivity index (χ2v) is 7.11. The van der Waals surface area contributed by atoms with Crippen LogP contribution in [-0.4, -0.2) is 16.0 Å². The molecule has 0 aromatic carbocycles. The number of nitrogens with zero attached hydrogens (tertiary/aromatic N) is 1. The van der Waals surface area contributed by atoms with E-state index >= 15 is 0 Å². The Kier molecular flexibility index (Phi) is 3.65. The lowest BCUT2D eigenvalue weighted by molar-refractivity contribution is -0.0384. The Morgan fingerprint density at radius 3 is 2.26 bits per heavy atom. The van der Waals surface area contributed by atoms with E-state index in [0.29, 0.717) is 0 Å². The van der Waals surface area contributed by atoms with E-state index in [0.717, 1.165) is 23.6 Å². The molecule has 0 amide bonds. The van der Waals surface area contributed by atoms with Crippen LogP contribution in [-0.2, 0) is 6.54 Å². The fraction of sp³-hybridized carbons (Fsp3) is 0.647. The van der Waals surface area contributed by atoms with Crippen LogP contribution >= 0.6 is 0 Å². The van der Waals surface area contributed by atoms with Gasteiger partial charge >= 0.3 is 0 Å². The second kappa shape index (κ2) is 4.82. The maximum absolute atomic E-state index is 5.89. The lowest BCUT2D eigenvalue weighted by Gasteiger charge is -2.52. The van der Waals surface area contributed by atoms with E-state index in [1.165, 1.54) is 19.3 Å². The third kappa shape index (κ3) is 2.94. The molecule has 1 saturated heterocycles. The van der Waals surface area contributed by atoms with Crippen molar-refractivity contribution < 1.29 is 4.42 Å². The summed E-state index contributed by atoms with van der Waals surface area (Å²) in [7, 11) is 0. The van der Waals surface area contributed by atoms with E-state index < -0.39 is 0 Å². The van der Waals surface area contributed by atoms with Crippen LogP contribution in [0, 0.1) is 0 Å². The van der Waals surface area contributed by atoms with Gasteiger partial charge in [0, 0.05) is 11.1 Å².